The van der Waals surface area contributed by atoms with Gasteiger partial charge in [0.15, 0.2) is 0 Å². The van der Waals surface area contributed by atoms with Crippen molar-refractivity contribution in [1.82, 2.24) is 0 Å². The van der Waals surface area contributed by atoms with E-state index >= 15 is 0 Å². The predicted molar refractivity (Wildman–Crippen MR) is 71.0 cm³/mol. The lowest BCUT2D eigenvalue weighted by molar-refractivity contribution is 0.171. The topological polar surface area (TPSA) is 23.5 Å². The number of rotatable bonds is 1. The van der Waals surface area contributed by atoms with Gasteiger partial charge in [0.25, 0.3) is 0 Å². The van der Waals surface area contributed by atoms with E-state index in [2.05, 4.69) is 45.4 Å². The predicted octanol–water partition coefficient (Wildman–Crippen LogP) is 2.86. The molecule has 2 rings (SSSR count). The quantitative estimate of drug-likeness (QED) is 0.803. The molecule has 0 fully saturated rings. The molecule has 0 aromatic heterocycles. The van der Waals surface area contributed by atoms with Gasteiger partial charge in [0, 0.05) is 25.6 Å². The average Bonchev–Trinajstić information content (AvgIpc) is 2.21. The largest absolute Gasteiger partial charge is 0.374 e. The second kappa shape index (κ2) is 4.34. The molecule has 17 heavy (non-hydrogen) atoms. The third-order valence-corrected chi connectivity index (χ3v) is 3.10. The Bertz CT molecular complexity index is 406. The zero-order valence-corrected chi connectivity index (χ0v) is 11.1. The third-order valence-electron chi connectivity index (χ3n) is 3.10. The van der Waals surface area contributed by atoms with Crippen LogP contribution in [0.4, 0.5) is 5.69 Å². The van der Waals surface area contributed by atoms with Crippen molar-refractivity contribution in [3.05, 3.63) is 35.7 Å². The molecule has 0 amide bonds. The number of anilines is 1. The molecule has 1 aromatic carbocycles. The molecule has 1 N–H and O–H groups in total. The standard InChI is InChI=1S/C15H21NO/c1-15(2,3)10-11-5-7-13-12(9-11)6-8-14(17)16(13)4/h5,7,9,14,17H,8,10H2,1-4H3. The minimum Gasteiger partial charge on any atom is -0.374 e. The SMILES string of the molecule is CN1c2ccc(CC(C)(C)C)cc2[C]CC1O. The molecule has 2 radical (unpaired) electrons. The van der Waals surface area contributed by atoms with Gasteiger partial charge in [0.05, 0.1) is 0 Å². The molecule has 92 valence electrons. The third kappa shape index (κ3) is 2.81. The van der Waals surface area contributed by atoms with Gasteiger partial charge in [0.1, 0.15) is 6.23 Å². The summed E-state index contributed by atoms with van der Waals surface area (Å²) in [6.45, 7) is 6.74. The fraction of sp³-hybridized carbons (Fsp3) is 0.533. The van der Waals surface area contributed by atoms with Gasteiger partial charge in [0.2, 0.25) is 0 Å². The van der Waals surface area contributed by atoms with Crippen molar-refractivity contribution >= 4 is 5.69 Å². The summed E-state index contributed by atoms with van der Waals surface area (Å²) in [5, 5.41) is 9.74. The molecule has 2 nitrogen and oxygen atoms in total. The minimum absolute atomic E-state index is 0.300. The molecular formula is C15H21NO. The Morgan fingerprint density at radius 2 is 2.12 bits per heavy atom. The first-order chi connectivity index (χ1) is 7.87. The first-order valence-corrected chi connectivity index (χ1v) is 6.14. The van der Waals surface area contributed by atoms with E-state index in [-0.39, 0.29) is 0 Å². The Morgan fingerprint density at radius 1 is 1.41 bits per heavy atom. The number of hydrogen-bond acceptors (Lipinski definition) is 2. The van der Waals surface area contributed by atoms with Crippen LogP contribution in [0.15, 0.2) is 18.2 Å². The van der Waals surface area contributed by atoms with Crippen LogP contribution in [0.3, 0.4) is 0 Å². The summed E-state index contributed by atoms with van der Waals surface area (Å²) in [6.07, 6.45) is 4.49. The highest BCUT2D eigenvalue weighted by Crippen LogP contribution is 2.32. The monoisotopic (exact) mass is 231 g/mol. The molecule has 1 heterocycles. The fourth-order valence-corrected chi connectivity index (χ4v) is 2.25. The lowest BCUT2D eigenvalue weighted by atomic mass is 9.86. The fourth-order valence-electron chi connectivity index (χ4n) is 2.25. The molecular weight excluding hydrogens is 210 g/mol. The summed E-state index contributed by atoms with van der Waals surface area (Å²) in [5.41, 5.74) is 3.84. The van der Waals surface area contributed by atoms with Crippen molar-refractivity contribution in [3.8, 4) is 0 Å². The van der Waals surface area contributed by atoms with Crippen molar-refractivity contribution in [3.63, 3.8) is 0 Å². The normalized spacial score (nSPS) is 20.3. The summed E-state index contributed by atoms with van der Waals surface area (Å²) >= 11 is 0. The summed E-state index contributed by atoms with van der Waals surface area (Å²) in [4.78, 5) is 1.91. The maximum Gasteiger partial charge on any atom is 0.127 e. The first kappa shape index (κ1) is 12.4. The van der Waals surface area contributed by atoms with Crippen molar-refractivity contribution < 1.29 is 5.11 Å². The van der Waals surface area contributed by atoms with Crippen LogP contribution in [-0.2, 0) is 6.42 Å². The van der Waals surface area contributed by atoms with Gasteiger partial charge in [-0.05, 0) is 29.0 Å². The maximum absolute atomic E-state index is 9.74. The van der Waals surface area contributed by atoms with E-state index in [0.717, 1.165) is 17.7 Å². The average molecular weight is 231 g/mol. The van der Waals surface area contributed by atoms with Gasteiger partial charge in [-0.3, -0.25) is 0 Å². The lowest BCUT2D eigenvalue weighted by Crippen LogP contribution is -2.35. The van der Waals surface area contributed by atoms with E-state index in [1.807, 2.05) is 11.9 Å². The molecule has 1 aliphatic rings. The number of hydrogen-bond donors (Lipinski definition) is 1. The molecule has 0 saturated carbocycles. The first-order valence-electron chi connectivity index (χ1n) is 6.14. The van der Waals surface area contributed by atoms with E-state index in [0.29, 0.717) is 11.8 Å². The summed E-state index contributed by atoms with van der Waals surface area (Å²) < 4.78 is 0. The van der Waals surface area contributed by atoms with Gasteiger partial charge in [-0.1, -0.05) is 32.9 Å². The molecule has 1 aliphatic heterocycles. The van der Waals surface area contributed by atoms with Crippen molar-refractivity contribution in [1.29, 1.82) is 0 Å². The molecule has 1 atom stereocenters. The van der Waals surface area contributed by atoms with E-state index in [1.165, 1.54) is 5.56 Å². The van der Waals surface area contributed by atoms with Gasteiger partial charge in [-0.25, -0.2) is 0 Å². The van der Waals surface area contributed by atoms with Crippen molar-refractivity contribution in [2.75, 3.05) is 11.9 Å². The summed E-state index contributed by atoms with van der Waals surface area (Å²) in [6, 6.07) is 6.44. The zero-order chi connectivity index (χ0) is 12.6. The summed E-state index contributed by atoms with van der Waals surface area (Å²) in [7, 11) is 1.92. The number of nitrogens with zero attached hydrogens (tertiary/aromatic N) is 1. The highest BCUT2D eigenvalue weighted by molar-refractivity contribution is 5.60. The molecule has 0 aliphatic carbocycles. The molecule has 0 spiro atoms. The zero-order valence-electron chi connectivity index (χ0n) is 11.1. The molecule has 0 saturated heterocycles. The number of aliphatic hydroxyl groups excluding tert-OH is 1. The van der Waals surface area contributed by atoms with Crippen molar-refractivity contribution in [2.24, 2.45) is 5.41 Å². The van der Waals surface area contributed by atoms with Crippen molar-refractivity contribution in [2.45, 2.75) is 39.8 Å². The Morgan fingerprint density at radius 3 is 2.76 bits per heavy atom. The summed E-state index contributed by atoms with van der Waals surface area (Å²) in [5.74, 6) is 0. The van der Waals surface area contributed by atoms with Gasteiger partial charge >= 0.3 is 0 Å². The van der Waals surface area contributed by atoms with E-state index in [1.54, 1.807) is 0 Å². The smallest absolute Gasteiger partial charge is 0.127 e. The molecule has 0 bridgehead atoms. The molecule has 2 heteroatoms. The second-order valence-corrected chi connectivity index (χ2v) is 6.06. The number of aliphatic hydroxyl groups is 1. The highest BCUT2D eigenvalue weighted by Gasteiger charge is 2.22. The number of fused-ring (bicyclic) bond motifs is 1. The highest BCUT2D eigenvalue weighted by atomic mass is 16.3. The van der Waals surface area contributed by atoms with Crippen LogP contribution in [-0.4, -0.2) is 18.4 Å². The molecule has 1 unspecified atom stereocenters. The maximum atomic E-state index is 9.74. The Kier molecular flexibility index (Phi) is 3.17. The van der Waals surface area contributed by atoms with E-state index in [4.69, 9.17) is 0 Å². The van der Waals surface area contributed by atoms with E-state index < -0.39 is 6.23 Å². The van der Waals surface area contributed by atoms with Gasteiger partial charge < -0.3 is 10.0 Å². The number of benzene rings is 1. The van der Waals surface area contributed by atoms with Crippen LogP contribution < -0.4 is 4.90 Å². The van der Waals surface area contributed by atoms with Crippen LogP contribution in [0.25, 0.3) is 0 Å². The van der Waals surface area contributed by atoms with Crippen LogP contribution in [0, 0.1) is 11.8 Å². The van der Waals surface area contributed by atoms with Crippen LogP contribution in [0.1, 0.15) is 38.3 Å². The van der Waals surface area contributed by atoms with Gasteiger partial charge in [-0.15, -0.1) is 0 Å². The van der Waals surface area contributed by atoms with Crippen LogP contribution >= 0.6 is 0 Å². The van der Waals surface area contributed by atoms with Gasteiger partial charge in [-0.2, -0.15) is 0 Å². The van der Waals surface area contributed by atoms with Crippen LogP contribution in [0.5, 0.6) is 0 Å². The molecule has 1 aromatic rings. The minimum atomic E-state index is -0.434. The Labute approximate surface area is 104 Å². The Balaban J connectivity index is 2.26. The lowest BCUT2D eigenvalue weighted by Gasteiger charge is -2.32. The van der Waals surface area contributed by atoms with Crippen LogP contribution in [0.2, 0.25) is 0 Å². The Hall–Kier alpha value is -1.02. The second-order valence-electron chi connectivity index (χ2n) is 6.06. The van der Waals surface area contributed by atoms with E-state index in [9.17, 15) is 5.11 Å².